The molecule has 5 heteroatoms. The predicted octanol–water partition coefficient (Wildman–Crippen LogP) is 6.75. The number of aromatic amines is 1. The van der Waals surface area contributed by atoms with Crippen LogP contribution in [0, 0.1) is 51.2 Å². The molecule has 0 radical (unpaired) electrons. The first-order valence-corrected chi connectivity index (χ1v) is 14.4. The highest BCUT2D eigenvalue weighted by Crippen LogP contribution is 2.74. The van der Waals surface area contributed by atoms with Crippen LogP contribution in [0.25, 0.3) is 0 Å². The predicted molar refractivity (Wildman–Crippen MR) is 143 cm³/mol. The third-order valence-electron chi connectivity index (χ3n) is 13.0. The molecule has 0 saturated heterocycles. The Balaban J connectivity index is 1.44. The van der Waals surface area contributed by atoms with Crippen LogP contribution >= 0.6 is 0 Å². The largest absolute Gasteiger partial charge is 0.481 e. The molecular weight excluding hydrogens is 446 g/mol. The second kappa shape index (κ2) is 7.20. The first-order valence-electron chi connectivity index (χ1n) is 14.4. The maximum Gasteiger partial charge on any atom is 0.306 e. The molecule has 3 saturated carbocycles. The number of allylic oxidation sites excluding steroid dienone is 2. The van der Waals surface area contributed by atoms with Gasteiger partial charge in [-0.05, 0) is 96.7 Å². The number of hydrogen-bond donors (Lipinski definition) is 3. The number of H-pyrrole nitrogens is 1. The molecule has 198 valence electrons. The van der Waals surface area contributed by atoms with E-state index in [2.05, 4.69) is 64.7 Å². The standard InChI is InChI=1S/C31H47N3O2/c1-27(2)14-18-17(19(15-27)26(35)36)10-12-30(6)21(18)8-9-23-29(5)16-20-24(33-34-25(20)32)28(3,4)22(29)11-13-31(23,30)7/h8,17-19,22-23H,9-16H2,1-7H3,(H,35,36)(H3,32,33,34)/t17?,18?,19-,22?,23?,29?,30?,31?/m1/s1. The number of aromatic nitrogens is 2. The van der Waals surface area contributed by atoms with Gasteiger partial charge in [-0.25, -0.2) is 0 Å². The van der Waals surface area contributed by atoms with Gasteiger partial charge < -0.3 is 10.8 Å². The molecule has 3 fully saturated rings. The molecule has 0 amide bonds. The Labute approximate surface area is 217 Å². The van der Waals surface area contributed by atoms with E-state index >= 15 is 0 Å². The van der Waals surface area contributed by atoms with Crippen LogP contribution in [0.3, 0.4) is 0 Å². The zero-order valence-electron chi connectivity index (χ0n) is 23.5. The molecule has 1 aromatic rings. The summed E-state index contributed by atoms with van der Waals surface area (Å²) >= 11 is 0. The van der Waals surface area contributed by atoms with Gasteiger partial charge in [0.05, 0.1) is 5.92 Å². The lowest BCUT2D eigenvalue weighted by Crippen LogP contribution is -2.63. The smallest absolute Gasteiger partial charge is 0.306 e. The lowest BCUT2D eigenvalue weighted by molar-refractivity contribution is -0.162. The average molecular weight is 494 g/mol. The summed E-state index contributed by atoms with van der Waals surface area (Å²) in [6, 6.07) is 0. The number of carboxylic acid groups (broad SMARTS) is 1. The zero-order chi connectivity index (χ0) is 26.1. The van der Waals surface area contributed by atoms with Crippen LogP contribution in [0.1, 0.15) is 105 Å². The van der Waals surface area contributed by atoms with Gasteiger partial charge >= 0.3 is 5.97 Å². The Kier molecular flexibility index (Phi) is 4.91. The number of anilines is 1. The summed E-state index contributed by atoms with van der Waals surface area (Å²) in [5.41, 5.74) is 11.2. The van der Waals surface area contributed by atoms with E-state index in [4.69, 9.17) is 5.73 Å². The van der Waals surface area contributed by atoms with Crippen molar-refractivity contribution in [1.29, 1.82) is 0 Å². The lowest BCUT2D eigenvalue weighted by atomic mass is 9.34. The summed E-state index contributed by atoms with van der Waals surface area (Å²) in [6.45, 7) is 17.1. The van der Waals surface area contributed by atoms with Gasteiger partial charge in [0, 0.05) is 16.7 Å². The van der Waals surface area contributed by atoms with E-state index in [9.17, 15) is 9.90 Å². The van der Waals surface area contributed by atoms with Gasteiger partial charge in [0.1, 0.15) is 5.82 Å². The van der Waals surface area contributed by atoms with Crippen molar-refractivity contribution in [3.8, 4) is 0 Å². The number of carbonyl (C=O) groups is 1. The van der Waals surface area contributed by atoms with Crippen LogP contribution in [0.5, 0.6) is 0 Å². The summed E-state index contributed by atoms with van der Waals surface area (Å²) in [5.74, 6) is 1.79. The van der Waals surface area contributed by atoms with Crippen molar-refractivity contribution in [2.24, 2.45) is 51.2 Å². The van der Waals surface area contributed by atoms with E-state index in [1.54, 1.807) is 5.57 Å². The Morgan fingerprint density at radius 1 is 1.06 bits per heavy atom. The quantitative estimate of drug-likeness (QED) is 0.377. The van der Waals surface area contributed by atoms with Crippen molar-refractivity contribution in [2.45, 2.75) is 105 Å². The second-order valence-corrected chi connectivity index (χ2v) is 15.5. The van der Waals surface area contributed by atoms with Crippen LogP contribution in [-0.2, 0) is 16.6 Å². The van der Waals surface area contributed by atoms with Gasteiger partial charge in [0.25, 0.3) is 0 Å². The van der Waals surface area contributed by atoms with E-state index in [1.807, 2.05) is 0 Å². The Bertz CT molecular complexity index is 1150. The van der Waals surface area contributed by atoms with Crippen molar-refractivity contribution < 1.29 is 9.90 Å². The number of carboxylic acids is 1. The normalized spacial score (nSPS) is 46.3. The fraction of sp³-hybridized carbons (Fsp3) is 0.806. The summed E-state index contributed by atoms with van der Waals surface area (Å²) < 4.78 is 0. The summed E-state index contributed by atoms with van der Waals surface area (Å²) in [5, 5.41) is 17.9. The van der Waals surface area contributed by atoms with Crippen LogP contribution in [-0.4, -0.2) is 21.3 Å². The number of rotatable bonds is 1. The van der Waals surface area contributed by atoms with Gasteiger partial charge in [-0.15, -0.1) is 0 Å². The van der Waals surface area contributed by atoms with Gasteiger partial charge in [-0.2, -0.15) is 5.10 Å². The van der Waals surface area contributed by atoms with Crippen molar-refractivity contribution in [1.82, 2.24) is 10.2 Å². The number of fused-ring (bicyclic) bond motifs is 8. The molecule has 7 unspecified atom stereocenters. The third kappa shape index (κ3) is 2.89. The van der Waals surface area contributed by atoms with Gasteiger partial charge in [0.15, 0.2) is 0 Å². The maximum absolute atomic E-state index is 12.4. The molecule has 0 bridgehead atoms. The van der Waals surface area contributed by atoms with E-state index in [0.29, 0.717) is 29.5 Å². The Morgan fingerprint density at radius 2 is 1.78 bits per heavy atom. The minimum atomic E-state index is -0.576. The average Bonchev–Trinajstić information content (AvgIpc) is 3.13. The number of nitrogens with zero attached hydrogens (tertiary/aromatic N) is 1. The topological polar surface area (TPSA) is 92.0 Å². The van der Waals surface area contributed by atoms with Crippen molar-refractivity contribution in [2.75, 3.05) is 5.73 Å². The van der Waals surface area contributed by atoms with Gasteiger partial charge in [-0.3, -0.25) is 9.89 Å². The molecule has 8 atom stereocenters. The molecular formula is C31H47N3O2. The first-order chi connectivity index (χ1) is 16.7. The number of aliphatic carboxylic acids is 1. The molecule has 0 aromatic carbocycles. The molecule has 0 spiro atoms. The lowest BCUT2D eigenvalue weighted by Gasteiger charge is -2.70. The first kappa shape index (κ1) is 24.6. The molecule has 1 aromatic heterocycles. The van der Waals surface area contributed by atoms with E-state index < -0.39 is 5.97 Å². The molecule has 5 aliphatic carbocycles. The van der Waals surface area contributed by atoms with Gasteiger partial charge in [0.2, 0.25) is 0 Å². The number of nitrogens with one attached hydrogen (secondary N) is 1. The van der Waals surface area contributed by atoms with Crippen LogP contribution in [0.15, 0.2) is 11.6 Å². The van der Waals surface area contributed by atoms with E-state index in [1.165, 1.54) is 24.1 Å². The monoisotopic (exact) mass is 493 g/mol. The van der Waals surface area contributed by atoms with E-state index in [0.717, 1.165) is 38.5 Å². The second-order valence-electron chi connectivity index (χ2n) is 15.5. The maximum atomic E-state index is 12.4. The third-order valence-corrected chi connectivity index (χ3v) is 13.0. The highest BCUT2D eigenvalue weighted by Gasteiger charge is 2.67. The Morgan fingerprint density at radius 3 is 2.47 bits per heavy atom. The van der Waals surface area contributed by atoms with Gasteiger partial charge in [-0.1, -0.05) is 60.1 Å². The summed E-state index contributed by atoms with van der Waals surface area (Å²) in [4.78, 5) is 12.4. The SMILES string of the molecule is CC1(C)CC2C3=CCC4C5(C)Cc6c(N)n[nH]c6C(C)(C)C5CCC4(C)C3(C)CCC2[C@H](C(=O)O)C1. The molecule has 1 heterocycles. The molecule has 4 N–H and O–H groups in total. The number of nitrogen functional groups attached to an aromatic ring is 1. The van der Waals surface area contributed by atoms with Crippen LogP contribution < -0.4 is 5.73 Å². The highest BCUT2D eigenvalue weighted by molar-refractivity contribution is 5.71. The summed E-state index contributed by atoms with van der Waals surface area (Å²) in [7, 11) is 0. The fourth-order valence-corrected chi connectivity index (χ4v) is 11.3. The molecule has 5 nitrogen and oxygen atoms in total. The van der Waals surface area contributed by atoms with Crippen LogP contribution in [0.4, 0.5) is 5.82 Å². The minimum Gasteiger partial charge on any atom is -0.481 e. The fourth-order valence-electron chi connectivity index (χ4n) is 11.3. The molecule has 0 aliphatic heterocycles. The zero-order valence-corrected chi connectivity index (χ0v) is 23.5. The molecule has 36 heavy (non-hydrogen) atoms. The number of nitrogens with two attached hydrogens (primary N) is 1. The highest BCUT2D eigenvalue weighted by atomic mass is 16.4. The summed E-state index contributed by atoms with van der Waals surface area (Å²) in [6.07, 6.45) is 11.4. The minimum absolute atomic E-state index is 0.0267. The van der Waals surface area contributed by atoms with Crippen molar-refractivity contribution in [3.63, 3.8) is 0 Å². The Hall–Kier alpha value is -1.78. The molecule has 6 rings (SSSR count). The van der Waals surface area contributed by atoms with Crippen molar-refractivity contribution >= 4 is 11.8 Å². The molecule has 5 aliphatic rings. The number of hydrogen-bond acceptors (Lipinski definition) is 3. The van der Waals surface area contributed by atoms with E-state index in [-0.39, 0.29) is 33.0 Å². The van der Waals surface area contributed by atoms with Crippen molar-refractivity contribution in [3.05, 3.63) is 22.9 Å². The van der Waals surface area contributed by atoms with Crippen LogP contribution in [0.2, 0.25) is 0 Å².